The highest BCUT2D eigenvalue weighted by Gasteiger charge is 2.28. The molecule has 0 aliphatic carbocycles. The molecule has 0 N–H and O–H groups in total. The largest absolute Gasteiger partial charge is 0.411 e. The third-order valence-corrected chi connectivity index (χ3v) is 2.85. The molecule has 0 radical (unpaired) electrons. The standard InChI is InChI=1S/C9H14ClF3O2/c10-8-2-4-14-5-7(8)1-3-15-6-9(11,12)13/h7-8H,1-6H2. The maximum atomic E-state index is 11.7. The highest BCUT2D eigenvalue weighted by atomic mass is 35.5. The van der Waals surface area contributed by atoms with Crippen LogP contribution in [0.15, 0.2) is 0 Å². The van der Waals surface area contributed by atoms with Crippen LogP contribution in [0.25, 0.3) is 0 Å². The minimum Gasteiger partial charge on any atom is -0.381 e. The van der Waals surface area contributed by atoms with Crippen LogP contribution in [0.5, 0.6) is 0 Å². The maximum absolute atomic E-state index is 11.7. The molecule has 1 saturated heterocycles. The van der Waals surface area contributed by atoms with E-state index >= 15 is 0 Å². The van der Waals surface area contributed by atoms with Crippen LogP contribution in [0.3, 0.4) is 0 Å². The SMILES string of the molecule is FC(F)(F)COCCC1COCCC1Cl. The number of hydrogen-bond acceptors (Lipinski definition) is 2. The van der Waals surface area contributed by atoms with Crippen molar-refractivity contribution in [3.8, 4) is 0 Å². The summed E-state index contributed by atoms with van der Waals surface area (Å²) in [6.07, 6.45) is -2.97. The van der Waals surface area contributed by atoms with Crippen LogP contribution in [0.4, 0.5) is 13.2 Å². The van der Waals surface area contributed by atoms with Crippen molar-refractivity contribution < 1.29 is 22.6 Å². The molecule has 90 valence electrons. The Morgan fingerprint density at radius 3 is 2.73 bits per heavy atom. The van der Waals surface area contributed by atoms with Gasteiger partial charge in [-0.25, -0.2) is 0 Å². The molecule has 1 rings (SSSR count). The molecular formula is C9H14ClF3O2. The lowest BCUT2D eigenvalue weighted by Gasteiger charge is -2.27. The normalized spacial score (nSPS) is 28.0. The first-order chi connectivity index (χ1) is 6.99. The van der Waals surface area contributed by atoms with Crippen LogP contribution in [-0.4, -0.2) is 38.0 Å². The van der Waals surface area contributed by atoms with Crippen LogP contribution in [0, 0.1) is 5.92 Å². The number of hydrogen-bond donors (Lipinski definition) is 0. The summed E-state index contributed by atoms with van der Waals surface area (Å²) in [6.45, 7) is 0.0436. The minimum atomic E-state index is -4.25. The van der Waals surface area contributed by atoms with E-state index in [1.165, 1.54) is 0 Å². The van der Waals surface area contributed by atoms with Crippen molar-refractivity contribution in [3.63, 3.8) is 0 Å². The first-order valence-electron chi connectivity index (χ1n) is 4.85. The average Bonchev–Trinajstić information content (AvgIpc) is 2.13. The Bertz CT molecular complexity index is 187. The quantitative estimate of drug-likeness (QED) is 0.561. The van der Waals surface area contributed by atoms with Gasteiger partial charge in [0, 0.05) is 24.5 Å². The van der Waals surface area contributed by atoms with Gasteiger partial charge in [-0.15, -0.1) is 11.6 Å². The Hall–Kier alpha value is 0. The van der Waals surface area contributed by atoms with E-state index in [1.807, 2.05) is 0 Å². The van der Waals surface area contributed by atoms with Crippen molar-refractivity contribution in [2.24, 2.45) is 5.92 Å². The highest BCUT2D eigenvalue weighted by Crippen LogP contribution is 2.23. The molecule has 2 atom stereocenters. The van der Waals surface area contributed by atoms with Crippen LogP contribution in [0.1, 0.15) is 12.8 Å². The van der Waals surface area contributed by atoms with Gasteiger partial charge in [0.2, 0.25) is 0 Å². The van der Waals surface area contributed by atoms with Crippen molar-refractivity contribution in [2.45, 2.75) is 24.4 Å². The van der Waals surface area contributed by atoms with Crippen LogP contribution < -0.4 is 0 Å². The molecule has 0 amide bonds. The van der Waals surface area contributed by atoms with E-state index in [9.17, 15) is 13.2 Å². The summed E-state index contributed by atoms with van der Waals surface area (Å²) >= 11 is 5.99. The van der Waals surface area contributed by atoms with Crippen LogP contribution in [0.2, 0.25) is 0 Å². The second-order valence-electron chi connectivity index (χ2n) is 3.60. The molecule has 0 spiro atoms. The minimum absolute atomic E-state index is 0.00626. The van der Waals surface area contributed by atoms with E-state index in [0.717, 1.165) is 6.42 Å². The van der Waals surface area contributed by atoms with Crippen molar-refractivity contribution in [3.05, 3.63) is 0 Å². The summed E-state index contributed by atoms with van der Waals surface area (Å²) in [6, 6.07) is 0. The number of ether oxygens (including phenoxy) is 2. The van der Waals surface area contributed by atoms with E-state index in [2.05, 4.69) is 4.74 Å². The molecular weight excluding hydrogens is 233 g/mol. The maximum Gasteiger partial charge on any atom is 0.411 e. The first-order valence-corrected chi connectivity index (χ1v) is 5.29. The van der Waals surface area contributed by atoms with Gasteiger partial charge >= 0.3 is 6.18 Å². The number of halogens is 4. The van der Waals surface area contributed by atoms with Gasteiger partial charge in [-0.05, 0) is 12.8 Å². The van der Waals surface area contributed by atoms with Gasteiger partial charge in [-0.2, -0.15) is 13.2 Å². The van der Waals surface area contributed by atoms with E-state index < -0.39 is 12.8 Å². The van der Waals surface area contributed by atoms with Gasteiger partial charge in [0.25, 0.3) is 0 Å². The second-order valence-corrected chi connectivity index (χ2v) is 4.16. The molecule has 15 heavy (non-hydrogen) atoms. The van der Waals surface area contributed by atoms with E-state index in [1.54, 1.807) is 0 Å². The molecule has 2 unspecified atom stereocenters. The lowest BCUT2D eigenvalue weighted by Crippen LogP contribution is -2.29. The first kappa shape index (κ1) is 13.1. The van der Waals surface area contributed by atoms with Crippen LogP contribution in [-0.2, 0) is 9.47 Å². The lowest BCUT2D eigenvalue weighted by atomic mass is 9.98. The zero-order valence-corrected chi connectivity index (χ0v) is 8.98. The summed E-state index contributed by atoms with van der Waals surface area (Å²) in [4.78, 5) is 0. The molecule has 6 heteroatoms. The van der Waals surface area contributed by atoms with Crippen molar-refractivity contribution in [2.75, 3.05) is 26.4 Å². The third kappa shape index (κ3) is 5.58. The third-order valence-electron chi connectivity index (χ3n) is 2.28. The molecule has 2 nitrogen and oxygen atoms in total. The Morgan fingerprint density at radius 2 is 2.13 bits per heavy atom. The van der Waals surface area contributed by atoms with Gasteiger partial charge in [0.1, 0.15) is 6.61 Å². The Balaban J connectivity index is 2.08. The molecule has 1 heterocycles. The molecule has 0 aromatic rings. The van der Waals surface area contributed by atoms with Crippen LogP contribution >= 0.6 is 11.6 Å². The zero-order valence-electron chi connectivity index (χ0n) is 8.23. The summed E-state index contributed by atoms with van der Waals surface area (Å²) in [5.41, 5.74) is 0. The summed E-state index contributed by atoms with van der Waals surface area (Å²) in [5, 5.41) is -0.00626. The van der Waals surface area contributed by atoms with Gasteiger partial charge in [0.15, 0.2) is 0 Å². The highest BCUT2D eigenvalue weighted by molar-refractivity contribution is 6.20. The average molecular weight is 247 g/mol. The number of alkyl halides is 4. The molecule has 0 aromatic carbocycles. The smallest absolute Gasteiger partial charge is 0.381 e. The fourth-order valence-corrected chi connectivity index (χ4v) is 1.75. The summed E-state index contributed by atoms with van der Waals surface area (Å²) < 4.78 is 44.9. The number of rotatable bonds is 4. The van der Waals surface area contributed by atoms with Gasteiger partial charge in [0.05, 0.1) is 6.61 Å². The Labute approximate surface area is 91.7 Å². The van der Waals surface area contributed by atoms with Gasteiger partial charge in [-0.1, -0.05) is 0 Å². The van der Waals surface area contributed by atoms with Crippen molar-refractivity contribution in [1.82, 2.24) is 0 Å². The van der Waals surface area contributed by atoms with Crippen molar-refractivity contribution >= 4 is 11.6 Å². The molecule has 1 aliphatic heterocycles. The second kappa shape index (κ2) is 5.92. The topological polar surface area (TPSA) is 18.5 Å². The van der Waals surface area contributed by atoms with E-state index in [-0.39, 0.29) is 17.9 Å². The summed E-state index contributed by atoms with van der Waals surface area (Å²) in [7, 11) is 0. The molecule has 0 saturated carbocycles. The Morgan fingerprint density at radius 1 is 1.40 bits per heavy atom. The van der Waals surface area contributed by atoms with Crippen molar-refractivity contribution in [1.29, 1.82) is 0 Å². The zero-order chi connectivity index (χ0) is 11.3. The van der Waals surface area contributed by atoms with Gasteiger partial charge < -0.3 is 9.47 Å². The Kier molecular flexibility index (Phi) is 5.15. The predicted octanol–water partition coefficient (Wildman–Crippen LogP) is 2.60. The molecule has 1 fully saturated rings. The fraction of sp³-hybridized carbons (Fsp3) is 1.00. The lowest BCUT2D eigenvalue weighted by molar-refractivity contribution is -0.175. The summed E-state index contributed by atoms with van der Waals surface area (Å²) in [5.74, 6) is 0.105. The molecule has 1 aliphatic rings. The fourth-order valence-electron chi connectivity index (χ4n) is 1.46. The molecule has 0 bridgehead atoms. The monoisotopic (exact) mass is 246 g/mol. The van der Waals surface area contributed by atoms with Gasteiger partial charge in [-0.3, -0.25) is 0 Å². The van der Waals surface area contributed by atoms with E-state index in [0.29, 0.717) is 19.6 Å². The predicted molar refractivity (Wildman–Crippen MR) is 50.1 cm³/mol. The van der Waals surface area contributed by atoms with E-state index in [4.69, 9.17) is 16.3 Å². The molecule has 0 aromatic heterocycles.